The number of thiazole rings is 1. The summed E-state index contributed by atoms with van der Waals surface area (Å²) in [6, 6.07) is 5.91. The van der Waals surface area contributed by atoms with Gasteiger partial charge >= 0.3 is 5.97 Å². The summed E-state index contributed by atoms with van der Waals surface area (Å²) < 4.78 is 10.7. The molecule has 14 heteroatoms. The van der Waals surface area contributed by atoms with Crippen molar-refractivity contribution in [2.45, 2.75) is 70.2 Å². The van der Waals surface area contributed by atoms with E-state index in [0.717, 1.165) is 12.0 Å². The van der Waals surface area contributed by atoms with Gasteiger partial charge < -0.3 is 31.2 Å². The lowest BCUT2D eigenvalue weighted by Gasteiger charge is -2.31. The third-order valence-electron chi connectivity index (χ3n) is 6.48. The molecule has 0 saturated heterocycles. The molecule has 0 bridgehead atoms. The highest BCUT2D eigenvalue weighted by Gasteiger charge is 2.42. The van der Waals surface area contributed by atoms with E-state index < -0.39 is 59.7 Å². The molecule has 0 aliphatic rings. The smallest absolute Gasteiger partial charge is 0.320 e. The first-order valence-corrected chi connectivity index (χ1v) is 16.2. The van der Waals surface area contributed by atoms with Crippen LogP contribution in [0.1, 0.15) is 53.4 Å². The molecule has 4 atom stereocenters. The minimum Gasteiger partial charge on any atom is -0.449 e. The van der Waals surface area contributed by atoms with Crippen LogP contribution in [0.15, 0.2) is 36.5 Å². The fourth-order valence-electron chi connectivity index (χ4n) is 4.13. The second-order valence-corrected chi connectivity index (χ2v) is 12.1. The fourth-order valence-corrected chi connectivity index (χ4v) is 5.34. The second-order valence-electron chi connectivity index (χ2n) is 10.1. The lowest BCUT2D eigenvalue weighted by Crippen LogP contribution is -2.59. The first kappa shape index (κ1) is 36.2. The van der Waals surface area contributed by atoms with E-state index in [1.807, 2.05) is 59.8 Å². The summed E-state index contributed by atoms with van der Waals surface area (Å²) in [6.07, 6.45) is 3.19. The van der Waals surface area contributed by atoms with Gasteiger partial charge in [-0.2, -0.15) is 0 Å². The molecule has 2 aromatic rings. The summed E-state index contributed by atoms with van der Waals surface area (Å²) in [6.45, 7) is 4.66. The predicted molar refractivity (Wildman–Crippen MR) is 171 cm³/mol. The highest BCUT2D eigenvalue weighted by Crippen LogP contribution is 2.20. The van der Waals surface area contributed by atoms with Crippen LogP contribution in [0.3, 0.4) is 0 Å². The zero-order valence-corrected chi connectivity index (χ0v) is 27.8. The molecule has 236 valence electrons. The lowest BCUT2D eigenvalue weighted by molar-refractivity contribution is -0.162. The maximum Gasteiger partial charge on any atom is 0.320 e. The van der Waals surface area contributed by atoms with Crippen LogP contribution >= 0.6 is 33.9 Å². The van der Waals surface area contributed by atoms with Gasteiger partial charge in [-0.25, -0.2) is 4.98 Å². The number of hydrogen-bond donors (Lipinski definition) is 4. The van der Waals surface area contributed by atoms with Gasteiger partial charge in [0.05, 0.1) is 30.4 Å². The average Bonchev–Trinajstić information content (AvgIpc) is 3.44. The molecule has 0 saturated carbocycles. The number of nitrogens with one attached hydrogen (secondary N) is 3. The molecule has 0 aliphatic carbocycles. The van der Waals surface area contributed by atoms with E-state index in [4.69, 9.17) is 15.2 Å². The number of unbranched alkanes of at least 4 members (excludes halogenated alkanes) is 1. The summed E-state index contributed by atoms with van der Waals surface area (Å²) in [5.74, 6) is -2.95. The molecule has 0 aliphatic heterocycles. The Kier molecular flexibility index (Phi) is 15.2. The molecule has 43 heavy (non-hydrogen) atoms. The molecule has 0 radical (unpaired) electrons. The van der Waals surface area contributed by atoms with E-state index in [2.05, 4.69) is 20.9 Å². The monoisotopic (exact) mass is 729 g/mol. The molecule has 1 heterocycles. The van der Waals surface area contributed by atoms with Crippen LogP contribution in [-0.2, 0) is 35.1 Å². The number of Topliss-reactive ketones (excluding diaryl/α,β-unsaturated/α-hetero) is 1. The minimum absolute atomic E-state index is 0.128. The van der Waals surface area contributed by atoms with Crippen molar-refractivity contribution in [3.05, 3.63) is 52.0 Å². The molecule has 0 spiro atoms. The molecular formula is C29H40IN5O7S. The number of esters is 1. The van der Waals surface area contributed by atoms with Crippen LogP contribution in [0.5, 0.6) is 0 Å². The van der Waals surface area contributed by atoms with Crippen molar-refractivity contribution < 1.29 is 33.4 Å². The largest absolute Gasteiger partial charge is 0.449 e. The molecule has 0 unspecified atom stereocenters. The van der Waals surface area contributed by atoms with Crippen molar-refractivity contribution >= 4 is 63.4 Å². The Balaban J connectivity index is 2.30. The molecule has 5 N–H and O–H groups in total. The Bertz CT molecular complexity index is 1240. The van der Waals surface area contributed by atoms with Gasteiger partial charge in [-0.05, 0) is 32.3 Å². The van der Waals surface area contributed by atoms with Crippen molar-refractivity contribution in [2.24, 2.45) is 5.73 Å². The number of nitrogens with zero attached hydrogens (tertiary/aromatic N) is 1. The number of amides is 3. The first-order valence-electron chi connectivity index (χ1n) is 13.9. The quantitative estimate of drug-likeness (QED) is 0.101. The number of benzene rings is 1. The third-order valence-corrected chi connectivity index (χ3v) is 8.84. The van der Waals surface area contributed by atoms with Gasteiger partial charge in [-0.3, -0.25) is 24.0 Å². The number of carbonyl (C=O) groups excluding carboxylic acids is 5. The van der Waals surface area contributed by atoms with Crippen molar-refractivity contribution in [1.82, 2.24) is 20.9 Å². The second kappa shape index (κ2) is 18.0. The number of rotatable bonds is 18. The van der Waals surface area contributed by atoms with Gasteiger partial charge in [0.25, 0.3) is 5.91 Å². The standard InChI is InChI=1S/C29H40IN5O7S/c1-5-6-12-20(33-27(39)22(16-41-4)35-28(40)23-15-32-18(2)43-23)26(38)34-21(13-19-10-8-7-9-11-19)25(37)29(3,17-30)42-24(36)14-31/h7-11,15,20-22H,5-6,12-14,16-17,31H2,1-4H3,(H,33,39)(H,34,38)(H,35,40)/t20-,21-,22-,29+/m0/s1. The Morgan fingerprint density at radius 1 is 1.05 bits per heavy atom. The van der Waals surface area contributed by atoms with Crippen LogP contribution in [-0.4, -0.2) is 82.9 Å². The summed E-state index contributed by atoms with van der Waals surface area (Å²) >= 11 is 3.13. The van der Waals surface area contributed by atoms with E-state index in [1.165, 1.54) is 31.6 Å². The summed E-state index contributed by atoms with van der Waals surface area (Å²) in [7, 11) is 1.39. The van der Waals surface area contributed by atoms with Crippen LogP contribution in [0, 0.1) is 6.92 Å². The lowest BCUT2D eigenvalue weighted by atomic mass is 9.91. The molecule has 1 aromatic carbocycles. The predicted octanol–water partition coefficient (Wildman–Crippen LogP) is 1.86. The van der Waals surface area contributed by atoms with E-state index >= 15 is 0 Å². The zero-order chi connectivity index (χ0) is 32.0. The molecular weight excluding hydrogens is 689 g/mol. The number of alkyl halides is 1. The summed E-state index contributed by atoms with van der Waals surface area (Å²) in [5, 5.41) is 8.86. The molecule has 1 aromatic heterocycles. The minimum atomic E-state index is -1.55. The van der Waals surface area contributed by atoms with Gasteiger partial charge in [0.1, 0.15) is 17.0 Å². The number of methoxy groups -OCH3 is 1. The van der Waals surface area contributed by atoms with Crippen molar-refractivity contribution in [2.75, 3.05) is 24.7 Å². The van der Waals surface area contributed by atoms with Gasteiger partial charge in [0.2, 0.25) is 11.8 Å². The van der Waals surface area contributed by atoms with Crippen LogP contribution < -0.4 is 21.7 Å². The first-order chi connectivity index (χ1) is 20.5. The van der Waals surface area contributed by atoms with E-state index in [0.29, 0.717) is 16.3 Å². The van der Waals surface area contributed by atoms with E-state index in [9.17, 15) is 24.0 Å². The van der Waals surface area contributed by atoms with E-state index in [-0.39, 0.29) is 23.9 Å². The molecule has 12 nitrogen and oxygen atoms in total. The SMILES string of the molecule is CCCC[C@H](NC(=O)[C@H](COC)NC(=O)c1cnc(C)s1)C(=O)N[C@@H](Cc1ccccc1)C(=O)[C@@](C)(CI)OC(=O)CN. The number of aromatic nitrogens is 1. The number of nitrogens with two attached hydrogens (primary N) is 1. The number of hydrogen-bond acceptors (Lipinski definition) is 10. The number of ketones is 1. The Hall–Kier alpha value is -2.95. The maximum atomic E-state index is 13.8. The highest BCUT2D eigenvalue weighted by molar-refractivity contribution is 14.1. The maximum absolute atomic E-state index is 13.8. The van der Waals surface area contributed by atoms with Crippen molar-refractivity contribution in [1.29, 1.82) is 0 Å². The van der Waals surface area contributed by atoms with Gasteiger partial charge in [0.15, 0.2) is 11.4 Å². The fraction of sp³-hybridized carbons (Fsp3) is 0.517. The highest BCUT2D eigenvalue weighted by atomic mass is 127. The topological polar surface area (TPSA) is 179 Å². The van der Waals surface area contributed by atoms with Gasteiger partial charge in [-0.15, -0.1) is 11.3 Å². The Morgan fingerprint density at radius 2 is 1.70 bits per heavy atom. The average molecular weight is 730 g/mol. The van der Waals surface area contributed by atoms with Crippen LogP contribution in [0.25, 0.3) is 0 Å². The van der Waals surface area contributed by atoms with Gasteiger partial charge in [-0.1, -0.05) is 72.7 Å². The third kappa shape index (κ3) is 11.2. The molecule has 2 rings (SSSR count). The Labute approximate surface area is 269 Å². The molecule has 0 fully saturated rings. The number of ether oxygens (including phenoxy) is 2. The van der Waals surface area contributed by atoms with Crippen LogP contribution in [0.2, 0.25) is 0 Å². The van der Waals surface area contributed by atoms with Crippen molar-refractivity contribution in [3.8, 4) is 0 Å². The Morgan fingerprint density at radius 3 is 2.26 bits per heavy atom. The number of aryl methyl sites for hydroxylation is 1. The summed E-state index contributed by atoms with van der Waals surface area (Å²) in [5.41, 5.74) is 4.65. The van der Waals surface area contributed by atoms with E-state index in [1.54, 1.807) is 6.92 Å². The van der Waals surface area contributed by atoms with Crippen molar-refractivity contribution in [3.63, 3.8) is 0 Å². The normalized spacial score (nSPS) is 14.5. The van der Waals surface area contributed by atoms with Gasteiger partial charge in [0, 0.05) is 11.5 Å². The zero-order valence-electron chi connectivity index (χ0n) is 24.8. The molecule has 3 amide bonds. The number of halogens is 1. The number of carbonyl (C=O) groups is 5. The summed E-state index contributed by atoms with van der Waals surface area (Å²) in [4.78, 5) is 70.0. The van der Waals surface area contributed by atoms with Crippen LogP contribution in [0.4, 0.5) is 0 Å².